The average Bonchev–Trinajstić information content (AvgIpc) is 3.37. The minimum atomic E-state index is -1.49. The fraction of sp³-hybridized carbons (Fsp3) is 0.632. The van der Waals surface area contributed by atoms with E-state index in [0.29, 0.717) is 19.3 Å². The van der Waals surface area contributed by atoms with Crippen molar-refractivity contribution < 1.29 is 27.9 Å². The number of hydrogen-bond acceptors (Lipinski definition) is 5. The Morgan fingerprint density at radius 3 is 2.74 bits per heavy atom. The number of ether oxygens (including phenoxy) is 1. The van der Waals surface area contributed by atoms with Crippen molar-refractivity contribution in [1.29, 1.82) is 0 Å². The molecule has 1 aromatic heterocycles. The third kappa shape index (κ3) is 4.55. The third-order valence-electron chi connectivity index (χ3n) is 5.33. The summed E-state index contributed by atoms with van der Waals surface area (Å²) in [5.74, 6) is -1.31. The molecule has 2 N–H and O–H groups in total. The summed E-state index contributed by atoms with van der Waals surface area (Å²) >= 11 is 0. The van der Waals surface area contributed by atoms with Crippen LogP contribution in [0, 0.1) is 0 Å². The smallest absolute Gasteiger partial charge is 0.255 e. The summed E-state index contributed by atoms with van der Waals surface area (Å²) in [6.45, 7) is 1.80. The van der Waals surface area contributed by atoms with Crippen LogP contribution in [0.25, 0.3) is 0 Å². The minimum Gasteiger partial charge on any atom is -0.472 e. The number of rotatable bonds is 7. The molecule has 0 radical (unpaired) electrons. The molecule has 8 heteroatoms. The number of nitrogens with one attached hydrogen (secondary N) is 2. The van der Waals surface area contributed by atoms with E-state index in [1.54, 1.807) is 0 Å². The van der Waals surface area contributed by atoms with Crippen LogP contribution in [0.4, 0.5) is 4.39 Å². The summed E-state index contributed by atoms with van der Waals surface area (Å²) in [4.78, 5) is 37.2. The van der Waals surface area contributed by atoms with E-state index in [2.05, 4.69) is 10.6 Å². The van der Waals surface area contributed by atoms with Gasteiger partial charge >= 0.3 is 0 Å². The van der Waals surface area contributed by atoms with E-state index in [1.165, 1.54) is 18.6 Å². The molecule has 2 fully saturated rings. The molecule has 148 valence electrons. The molecule has 7 nitrogen and oxygen atoms in total. The predicted molar refractivity (Wildman–Crippen MR) is 93.9 cm³/mol. The third-order valence-corrected chi connectivity index (χ3v) is 5.33. The lowest BCUT2D eigenvalue weighted by Crippen LogP contribution is -2.54. The van der Waals surface area contributed by atoms with Gasteiger partial charge in [0, 0.05) is 6.42 Å². The van der Waals surface area contributed by atoms with E-state index >= 15 is 4.39 Å². The first-order chi connectivity index (χ1) is 12.9. The number of carbonyl (C=O) groups is 3. The van der Waals surface area contributed by atoms with Crippen molar-refractivity contribution in [3.63, 3.8) is 0 Å². The van der Waals surface area contributed by atoms with E-state index in [0.717, 1.165) is 12.8 Å². The van der Waals surface area contributed by atoms with Crippen LogP contribution in [0.15, 0.2) is 23.0 Å². The molecule has 3 atom stereocenters. The summed E-state index contributed by atoms with van der Waals surface area (Å²) in [5, 5.41) is 5.24. The molecule has 1 saturated carbocycles. The number of halogens is 1. The summed E-state index contributed by atoms with van der Waals surface area (Å²) in [7, 11) is 0. The molecule has 2 heterocycles. The molecule has 1 aromatic rings. The van der Waals surface area contributed by atoms with Crippen LogP contribution >= 0.6 is 0 Å². The molecule has 1 saturated heterocycles. The molecule has 0 unspecified atom stereocenters. The van der Waals surface area contributed by atoms with Gasteiger partial charge in [0.2, 0.25) is 5.91 Å². The fourth-order valence-corrected chi connectivity index (χ4v) is 3.79. The predicted octanol–water partition coefficient (Wildman–Crippen LogP) is 1.91. The van der Waals surface area contributed by atoms with Gasteiger partial charge in [-0.15, -0.1) is 0 Å². The van der Waals surface area contributed by atoms with Crippen molar-refractivity contribution in [1.82, 2.24) is 10.6 Å². The zero-order valence-electron chi connectivity index (χ0n) is 15.3. The largest absolute Gasteiger partial charge is 0.472 e. The molecule has 1 aliphatic carbocycles. The van der Waals surface area contributed by atoms with Crippen LogP contribution in [0.5, 0.6) is 0 Å². The SMILES string of the molecule is CC[C@@H]1OCC(=O)[C@H]1NC(=O)[C@@H](CC1(F)CCCC1)NC(=O)c1ccoc1. The number of Topliss-reactive ketones (excluding diaryl/α,β-unsaturated/α-hetero) is 1. The highest BCUT2D eigenvalue weighted by Crippen LogP contribution is 2.37. The van der Waals surface area contributed by atoms with Crippen molar-refractivity contribution >= 4 is 17.6 Å². The molecule has 0 bridgehead atoms. The van der Waals surface area contributed by atoms with Gasteiger partial charge in [-0.25, -0.2) is 4.39 Å². The highest BCUT2D eigenvalue weighted by atomic mass is 19.1. The average molecular weight is 380 g/mol. The van der Waals surface area contributed by atoms with Crippen molar-refractivity contribution in [3.8, 4) is 0 Å². The quantitative estimate of drug-likeness (QED) is 0.753. The lowest BCUT2D eigenvalue weighted by Gasteiger charge is -2.27. The Morgan fingerprint density at radius 1 is 1.37 bits per heavy atom. The highest BCUT2D eigenvalue weighted by molar-refractivity contribution is 5.98. The Morgan fingerprint density at radius 2 is 2.11 bits per heavy atom. The van der Waals surface area contributed by atoms with Gasteiger partial charge in [0.05, 0.1) is 17.9 Å². The molecule has 2 aliphatic rings. The standard InChI is InChI=1S/C19H25FN2O5/c1-2-15-16(14(23)11-27-15)22-18(25)13(9-19(20)6-3-4-7-19)21-17(24)12-5-8-26-10-12/h5,8,10,13,15-16H,2-4,6-7,9,11H2,1H3,(H,21,24)(H,22,25)/t13-,15+,16-/m1/s1. The molecule has 0 spiro atoms. The summed E-state index contributed by atoms with van der Waals surface area (Å²) in [6, 6.07) is -0.386. The summed E-state index contributed by atoms with van der Waals surface area (Å²) in [5.41, 5.74) is -1.25. The van der Waals surface area contributed by atoms with Crippen LogP contribution in [0.1, 0.15) is 55.8 Å². The van der Waals surface area contributed by atoms with Crippen LogP contribution < -0.4 is 10.6 Å². The first-order valence-electron chi connectivity index (χ1n) is 9.38. The summed E-state index contributed by atoms with van der Waals surface area (Å²) in [6.07, 6.45) is 4.88. The maximum atomic E-state index is 15.0. The molecular formula is C19H25FN2O5. The van der Waals surface area contributed by atoms with Crippen molar-refractivity contribution in [2.24, 2.45) is 0 Å². The van der Waals surface area contributed by atoms with Gasteiger partial charge < -0.3 is 19.8 Å². The van der Waals surface area contributed by atoms with E-state index in [9.17, 15) is 14.4 Å². The second-order valence-electron chi connectivity index (χ2n) is 7.31. The molecule has 27 heavy (non-hydrogen) atoms. The first-order valence-corrected chi connectivity index (χ1v) is 9.38. The molecule has 1 aliphatic heterocycles. The maximum Gasteiger partial charge on any atom is 0.255 e. The Labute approximate surface area is 157 Å². The Hall–Kier alpha value is -2.22. The number of alkyl halides is 1. The van der Waals surface area contributed by atoms with Crippen molar-refractivity contribution in [3.05, 3.63) is 24.2 Å². The lowest BCUT2D eigenvalue weighted by molar-refractivity contribution is -0.128. The van der Waals surface area contributed by atoms with E-state index < -0.39 is 35.7 Å². The number of furan rings is 1. The normalized spacial score (nSPS) is 25.3. The first kappa shape index (κ1) is 19.5. The van der Waals surface area contributed by atoms with E-state index in [1.807, 2.05) is 6.92 Å². The van der Waals surface area contributed by atoms with Gasteiger partial charge in [0.25, 0.3) is 5.91 Å². The van der Waals surface area contributed by atoms with Crippen LogP contribution in [0.3, 0.4) is 0 Å². The maximum absolute atomic E-state index is 15.0. The van der Waals surface area contributed by atoms with Crippen LogP contribution in [-0.2, 0) is 14.3 Å². The topological polar surface area (TPSA) is 97.6 Å². The number of ketones is 1. The minimum absolute atomic E-state index is 0.0530. The van der Waals surface area contributed by atoms with E-state index in [-0.39, 0.29) is 24.4 Å². The van der Waals surface area contributed by atoms with Gasteiger partial charge in [-0.2, -0.15) is 0 Å². The Kier molecular flexibility index (Phi) is 5.94. The van der Waals surface area contributed by atoms with Gasteiger partial charge in [0.15, 0.2) is 5.78 Å². The zero-order chi connectivity index (χ0) is 19.4. The second kappa shape index (κ2) is 8.21. The molecule has 2 amide bonds. The fourth-order valence-electron chi connectivity index (χ4n) is 3.79. The van der Waals surface area contributed by atoms with Gasteiger partial charge in [-0.3, -0.25) is 14.4 Å². The van der Waals surface area contributed by atoms with Crippen molar-refractivity contribution in [2.45, 2.75) is 69.3 Å². The number of hydrogen-bond donors (Lipinski definition) is 2. The molecule has 0 aromatic carbocycles. The monoisotopic (exact) mass is 380 g/mol. The van der Waals surface area contributed by atoms with Gasteiger partial charge in [0.1, 0.15) is 30.6 Å². The molecule has 3 rings (SSSR count). The second-order valence-corrected chi connectivity index (χ2v) is 7.31. The van der Waals surface area contributed by atoms with Gasteiger partial charge in [-0.1, -0.05) is 19.8 Å². The summed E-state index contributed by atoms with van der Waals surface area (Å²) < 4.78 is 25.3. The molecular weight excluding hydrogens is 355 g/mol. The highest BCUT2D eigenvalue weighted by Gasteiger charge is 2.41. The van der Waals surface area contributed by atoms with E-state index in [4.69, 9.17) is 9.15 Å². The number of carbonyl (C=O) groups excluding carboxylic acids is 3. The Balaban J connectivity index is 1.72. The van der Waals surface area contributed by atoms with Crippen LogP contribution in [0.2, 0.25) is 0 Å². The van der Waals surface area contributed by atoms with Gasteiger partial charge in [-0.05, 0) is 25.3 Å². The Bertz CT molecular complexity index is 684. The lowest BCUT2D eigenvalue weighted by atomic mass is 9.93. The van der Waals surface area contributed by atoms with Crippen LogP contribution in [-0.4, -0.2) is 48.1 Å². The zero-order valence-corrected chi connectivity index (χ0v) is 15.3. The van der Waals surface area contributed by atoms with Crippen molar-refractivity contribution in [2.75, 3.05) is 6.61 Å². The number of amides is 2.